The average Bonchev–Trinajstić information content (AvgIpc) is 3.61. The van der Waals surface area contributed by atoms with Gasteiger partial charge in [-0.15, -0.1) is 0 Å². The van der Waals surface area contributed by atoms with E-state index in [-0.39, 0.29) is 60.5 Å². The van der Waals surface area contributed by atoms with Crippen LogP contribution < -0.4 is 5.32 Å². The summed E-state index contributed by atoms with van der Waals surface area (Å²) in [5.74, 6) is 0.629. The van der Waals surface area contributed by atoms with Crippen molar-refractivity contribution in [3.63, 3.8) is 0 Å². The summed E-state index contributed by atoms with van der Waals surface area (Å²) in [5, 5.41) is 24.7. The van der Waals surface area contributed by atoms with E-state index >= 15 is 0 Å². The SMILES string of the molecule is CCCCCCCCC=CCCCCCCCC(=O)N1CCC(NC(=O)CC(O)CC(O)CCC2C(C)C=CC3=CC(C)CC(OC(=O)C(C)(C)CC)C32)C1. The molecule has 2 aliphatic carbocycles. The molecule has 0 aromatic rings. The fourth-order valence-corrected chi connectivity index (χ4v) is 8.67. The lowest BCUT2D eigenvalue weighted by atomic mass is 9.65. The number of fused-ring (bicyclic) bond motifs is 1. The van der Waals surface area contributed by atoms with Crippen molar-refractivity contribution < 1.29 is 29.3 Å². The first-order chi connectivity index (χ1) is 26.3. The van der Waals surface area contributed by atoms with Crippen LogP contribution in [-0.2, 0) is 19.1 Å². The highest BCUT2D eigenvalue weighted by atomic mass is 16.5. The molecule has 1 aliphatic heterocycles. The lowest BCUT2D eigenvalue weighted by Gasteiger charge is -2.44. The van der Waals surface area contributed by atoms with E-state index in [1.807, 2.05) is 25.7 Å². The fourth-order valence-electron chi connectivity index (χ4n) is 8.67. The zero-order chi connectivity index (χ0) is 40.2. The quantitative estimate of drug-likeness (QED) is 0.0459. The van der Waals surface area contributed by atoms with Crippen LogP contribution in [0.25, 0.3) is 0 Å². The third-order valence-electron chi connectivity index (χ3n) is 12.6. The van der Waals surface area contributed by atoms with Crippen molar-refractivity contribution in [1.29, 1.82) is 0 Å². The molecule has 8 nitrogen and oxygen atoms in total. The molecule has 3 aliphatic rings. The van der Waals surface area contributed by atoms with E-state index in [0.717, 1.165) is 38.5 Å². The van der Waals surface area contributed by atoms with Gasteiger partial charge in [0.2, 0.25) is 11.8 Å². The van der Waals surface area contributed by atoms with E-state index in [2.05, 4.69) is 56.5 Å². The van der Waals surface area contributed by atoms with Gasteiger partial charge in [0.05, 0.1) is 24.0 Å². The standard InChI is InChI=1S/C47H80N2O6/c1-7-9-10-11-12-13-14-15-16-17-18-19-20-21-22-23-44(53)49-29-28-38(34-49)48-43(52)33-40(51)32-39(50)26-27-41-36(4)24-25-37-30-35(3)31-42(45(37)41)55-46(54)47(5,6)8-2/h15-16,24-25,30,35-36,38-42,45,50-51H,7-14,17-23,26-29,31-34H2,1-6H3,(H,48,52). The monoisotopic (exact) mass is 769 g/mol. The molecular weight excluding hydrogens is 689 g/mol. The Morgan fingerprint density at radius 3 is 2.27 bits per heavy atom. The summed E-state index contributed by atoms with van der Waals surface area (Å²) in [5.41, 5.74) is 0.683. The lowest BCUT2D eigenvalue weighted by Crippen LogP contribution is -2.43. The van der Waals surface area contributed by atoms with E-state index < -0.39 is 17.6 Å². The average molecular weight is 769 g/mol. The normalized spacial score (nSPS) is 25.1. The van der Waals surface area contributed by atoms with Crippen LogP contribution in [0.5, 0.6) is 0 Å². The van der Waals surface area contributed by atoms with Crippen LogP contribution in [-0.4, -0.2) is 70.3 Å². The van der Waals surface area contributed by atoms with E-state index in [1.54, 1.807) is 0 Å². The minimum Gasteiger partial charge on any atom is -0.461 e. The van der Waals surface area contributed by atoms with Gasteiger partial charge < -0.3 is 25.2 Å². The van der Waals surface area contributed by atoms with E-state index in [0.29, 0.717) is 38.3 Å². The Balaban J connectivity index is 1.29. The summed E-state index contributed by atoms with van der Waals surface area (Å²) in [6.45, 7) is 13.7. The summed E-state index contributed by atoms with van der Waals surface area (Å²) in [6, 6.07) is -0.103. The molecule has 314 valence electrons. The molecule has 3 rings (SSSR count). The topological polar surface area (TPSA) is 116 Å². The van der Waals surface area contributed by atoms with Crippen LogP contribution >= 0.6 is 0 Å². The molecule has 0 saturated carbocycles. The highest BCUT2D eigenvalue weighted by molar-refractivity contribution is 5.78. The molecule has 0 spiro atoms. The number of carbonyl (C=O) groups excluding carboxylic acids is 3. The van der Waals surface area contributed by atoms with Crippen molar-refractivity contribution in [2.45, 2.75) is 201 Å². The Kier molecular flexibility index (Phi) is 21.4. The zero-order valence-corrected chi connectivity index (χ0v) is 35.7. The second kappa shape index (κ2) is 25.0. The molecule has 1 saturated heterocycles. The number of ether oxygens (including phenoxy) is 1. The van der Waals surface area contributed by atoms with Crippen molar-refractivity contribution in [1.82, 2.24) is 10.2 Å². The third kappa shape index (κ3) is 16.9. The van der Waals surface area contributed by atoms with Crippen molar-refractivity contribution in [2.75, 3.05) is 13.1 Å². The number of hydrogen-bond acceptors (Lipinski definition) is 6. The van der Waals surface area contributed by atoms with Gasteiger partial charge in [-0.2, -0.15) is 0 Å². The number of rotatable bonds is 26. The van der Waals surface area contributed by atoms with Gasteiger partial charge in [-0.25, -0.2) is 0 Å². The number of nitrogens with zero attached hydrogens (tertiary/aromatic N) is 1. The van der Waals surface area contributed by atoms with Gasteiger partial charge in [-0.1, -0.05) is 109 Å². The van der Waals surface area contributed by atoms with Crippen molar-refractivity contribution in [3.05, 3.63) is 36.0 Å². The fraction of sp³-hybridized carbons (Fsp3) is 0.809. The highest BCUT2D eigenvalue weighted by Gasteiger charge is 2.43. The van der Waals surface area contributed by atoms with Crippen molar-refractivity contribution in [2.24, 2.45) is 29.1 Å². The van der Waals surface area contributed by atoms with Crippen LogP contribution in [0, 0.1) is 29.1 Å². The highest BCUT2D eigenvalue weighted by Crippen LogP contribution is 2.45. The number of unbranched alkanes of at least 4 members (excludes halogenated alkanes) is 11. The minimum atomic E-state index is -0.949. The third-order valence-corrected chi connectivity index (χ3v) is 12.6. The number of aliphatic hydroxyl groups is 2. The van der Waals surface area contributed by atoms with Gasteiger partial charge in [0.1, 0.15) is 6.10 Å². The molecule has 3 N–H and O–H groups in total. The number of aliphatic hydroxyl groups excluding tert-OH is 2. The largest absolute Gasteiger partial charge is 0.461 e. The molecule has 2 amide bonds. The van der Waals surface area contributed by atoms with Gasteiger partial charge in [-0.05, 0) is 108 Å². The zero-order valence-electron chi connectivity index (χ0n) is 35.7. The Labute approximate surface area is 335 Å². The second-order valence-corrected chi connectivity index (χ2v) is 18.0. The number of amides is 2. The van der Waals surface area contributed by atoms with Crippen LogP contribution in [0.3, 0.4) is 0 Å². The number of hydrogen-bond donors (Lipinski definition) is 3. The first kappa shape index (κ1) is 46.9. The summed E-state index contributed by atoms with van der Waals surface area (Å²) in [7, 11) is 0. The lowest BCUT2D eigenvalue weighted by molar-refractivity contribution is -0.164. The Bertz CT molecular complexity index is 1240. The van der Waals surface area contributed by atoms with Crippen LogP contribution in [0.1, 0.15) is 176 Å². The van der Waals surface area contributed by atoms with Gasteiger partial charge in [-0.3, -0.25) is 14.4 Å². The maximum atomic E-state index is 13.1. The van der Waals surface area contributed by atoms with E-state index in [1.165, 1.54) is 69.8 Å². The number of nitrogens with one attached hydrogen (secondary N) is 1. The second-order valence-electron chi connectivity index (χ2n) is 18.0. The Morgan fingerprint density at radius 1 is 0.945 bits per heavy atom. The van der Waals surface area contributed by atoms with Gasteiger partial charge >= 0.3 is 5.97 Å². The first-order valence-corrected chi connectivity index (χ1v) is 22.5. The predicted molar refractivity (Wildman–Crippen MR) is 224 cm³/mol. The molecule has 0 aromatic heterocycles. The molecule has 8 unspecified atom stereocenters. The Hall–Kier alpha value is -2.45. The van der Waals surface area contributed by atoms with E-state index in [9.17, 15) is 24.6 Å². The number of carbonyl (C=O) groups is 3. The van der Waals surface area contributed by atoms with Crippen molar-refractivity contribution >= 4 is 17.8 Å². The van der Waals surface area contributed by atoms with Gasteiger partial charge in [0.25, 0.3) is 0 Å². The smallest absolute Gasteiger partial charge is 0.311 e. The molecule has 8 heteroatoms. The van der Waals surface area contributed by atoms with Gasteiger partial charge in [0.15, 0.2) is 0 Å². The molecule has 8 atom stereocenters. The van der Waals surface area contributed by atoms with Gasteiger partial charge in [0, 0.05) is 31.5 Å². The molecule has 0 radical (unpaired) electrons. The number of esters is 1. The summed E-state index contributed by atoms with van der Waals surface area (Å²) < 4.78 is 6.23. The maximum Gasteiger partial charge on any atom is 0.311 e. The van der Waals surface area contributed by atoms with Crippen LogP contribution in [0.4, 0.5) is 0 Å². The molecule has 0 aromatic carbocycles. The summed E-state index contributed by atoms with van der Waals surface area (Å²) in [4.78, 5) is 40.6. The first-order valence-electron chi connectivity index (χ1n) is 22.5. The molecule has 1 heterocycles. The molecule has 55 heavy (non-hydrogen) atoms. The summed E-state index contributed by atoms with van der Waals surface area (Å²) >= 11 is 0. The number of allylic oxidation sites excluding steroid dienone is 5. The van der Waals surface area contributed by atoms with Crippen LogP contribution in [0.2, 0.25) is 0 Å². The molecule has 1 fully saturated rings. The number of likely N-dealkylation sites (tertiary alicyclic amines) is 1. The minimum absolute atomic E-state index is 0.0718. The summed E-state index contributed by atoms with van der Waals surface area (Å²) in [6.07, 6.45) is 29.6. The molecular formula is C47H80N2O6. The maximum absolute atomic E-state index is 13.1. The predicted octanol–water partition coefficient (Wildman–Crippen LogP) is 9.78. The Morgan fingerprint density at radius 2 is 1.60 bits per heavy atom. The van der Waals surface area contributed by atoms with Crippen LogP contribution in [0.15, 0.2) is 36.0 Å². The van der Waals surface area contributed by atoms with E-state index in [4.69, 9.17) is 4.74 Å². The molecule has 0 bridgehead atoms. The van der Waals surface area contributed by atoms with Crippen molar-refractivity contribution in [3.8, 4) is 0 Å².